The van der Waals surface area contributed by atoms with Gasteiger partial charge in [-0.2, -0.15) is 0 Å². The molecule has 0 aromatic heterocycles. The van der Waals surface area contributed by atoms with E-state index in [0.29, 0.717) is 17.9 Å². The molecular formula is C19H24N2O3. The van der Waals surface area contributed by atoms with E-state index in [0.717, 1.165) is 12.0 Å². The van der Waals surface area contributed by atoms with Crippen LogP contribution in [0.2, 0.25) is 0 Å². The fraction of sp³-hybridized carbons (Fsp3) is 0.316. The Hall–Kier alpha value is -2.37. The fourth-order valence-corrected chi connectivity index (χ4v) is 2.49. The highest BCUT2D eigenvalue weighted by Gasteiger charge is 2.12. The van der Waals surface area contributed by atoms with E-state index in [1.165, 1.54) is 0 Å². The van der Waals surface area contributed by atoms with Crippen LogP contribution in [-0.4, -0.2) is 31.3 Å². The largest absolute Gasteiger partial charge is 0.497 e. The van der Waals surface area contributed by atoms with Crippen molar-refractivity contribution >= 4 is 11.6 Å². The summed E-state index contributed by atoms with van der Waals surface area (Å²) in [5.74, 6) is 0.582. The number of aliphatic hydroxyl groups is 1. The Morgan fingerprint density at radius 1 is 1.17 bits per heavy atom. The summed E-state index contributed by atoms with van der Waals surface area (Å²) in [5.41, 5.74) is 1.81. The van der Waals surface area contributed by atoms with Crippen molar-refractivity contribution in [3.05, 3.63) is 60.2 Å². The molecule has 0 saturated heterocycles. The van der Waals surface area contributed by atoms with Crippen LogP contribution in [0.1, 0.15) is 24.4 Å². The van der Waals surface area contributed by atoms with Gasteiger partial charge >= 0.3 is 0 Å². The van der Waals surface area contributed by atoms with Crippen LogP contribution in [0.5, 0.6) is 5.75 Å². The molecule has 0 fully saturated rings. The van der Waals surface area contributed by atoms with Gasteiger partial charge in [0.1, 0.15) is 5.75 Å². The maximum Gasteiger partial charge on any atom is 0.238 e. The molecule has 0 spiro atoms. The minimum absolute atomic E-state index is 0.0365. The molecule has 1 unspecified atom stereocenters. The molecule has 5 nitrogen and oxygen atoms in total. The summed E-state index contributed by atoms with van der Waals surface area (Å²) < 4.78 is 5.15. The van der Waals surface area contributed by atoms with Gasteiger partial charge in [-0.15, -0.1) is 0 Å². The lowest BCUT2D eigenvalue weighted by Gasteiger charge is -2.19. The van der Waals surface area contributed by atoms with Crippen molar-refractivity contribution in [1.82, 2.24) is 5.32 Å². The topological polar surface area (TPSA) is 70.6 Å². The Kier molecular flexibility index (Phi) is 7.26. The molecular weight excluding hydrogens is 304 g/mol. The Labute approximate surface area is 142 Å². The Morgan fingerprint density at radius 3 is 2.67 bits per heavy atom. The number of carbonyl (C=O) groups excluding carboxylic acids is 1. The van der Waals surface area contributed by atoms with E-state index >= 15 is 0 Å². The van der Waals surface area contributed by atoms with Gasteiger partial charge in [0.05, 0.1) is 13.7 Å². The van der Waals surface area contributed by atoms with Gasteiger partial charge in [-0.3, -0.25) is 4.79 Å². The van der Waals surface area contributed by atoms with Crippen LogP contribution in [-0.2, 0) is 4.79 Å². The van der Waals surface area contributed by atoms with Crippen LogP contribution in [0.4, 0.5) is 5.69 Å². The summed E-state index contributed by atoms with van der Waals surface area (Å²) in [6, 6.07) is 17.2. The number of hydrogen-bond acceptors (Lipinski definition) is 4. The molecule has 2 rings (SSSR count). The number of aliphatic hydroxyl groups excluding tert-OH is 1. The van der Waals surface area contributed by atoms with E-state index in [4.69, 9.17) is 9.84 Å². The summed E-state index contributed by atoms with van der Waals surface area (Å²) in [6.07, 6.45) is 1.46. The number of anilines is 1. The lowest BCUT2D eigenvalue weighted by atomic mass is 10.0. The standard InChI is InChI=1S/C19H24N2O3/c1-24-17-10-5-9-16(13-17)21-19(23)14-20-18(11-6-12-22)15-7-3-2-4-8-15/h2-5,7-10,13,18,20,22H,6,11-12,14H2,1H3,(H,21,23). The minimum atomic E-state index is -0.117. The molecule has 0 aliphatic rings. The van der Waals surface area contributed by atoms with Crippen LogP contribution in [0, 0.1) is 0 Å². The Morgan fingerprint density at radius 2 is 1.96 bits per heavy atom. The van der Waals surface area contributed by atoms with Crippen molar-refractivity contribution in [2.45, 2.75) is 18.9 Å². The molecule has 0 bridgehead atoms. The van der Waals surface area contributed by atoms with E-state index in [9.17, 15) is 4.79 Å². The third-order valence-corrected chi connectivity index (χ3v) is 3.72. The number of carbonyl (C=O) groups is 1. The highest BCUT2D eigenvalue weighted by Crippen LogP contribution is 2.19. The van der Waals surface area contributed by atoms with Crippen LogP contribution in [0.3, 0.4) is 0 Å². The molecule has 0 aliphatic carbocycles. The molecule has 3 N–H and O–H groups in total. The minimum Gasteiger partial charge on any atom is -0.497 e. The molecule has 5 heteroatoms. The van der Waals surface area contributed by atoms with Crippen molar-refractivity contribution in [2.24, 2.45) is 0 Å². The number of amides is 1. The highest BCUT2D eigenvalue weighted by atomic mass is 16.5. The summed E-state index contributed by atoms with van der Waals surface area (Å²) in [6.45, 7) is 0.337. The second kappa shape index (κ2) is 9.70. The summed E-state index contributed by atoms with van der Waals surface area (Å²) in [7, 11) is 1.59. The molecule has 0 aliphatic heterocycles. The van der Waals surface area contributed by atoms with Gasteiger partial charge in [0.2, 0.25) is 5.91 Å². The molecule has 0 radical (unpaired) electrons. The number of benzene rings is 2. The summed E-state index contributed by atoms with van der Waals surface area (Å²) >= 11 is 0. The van der Waals surface area contributed by atoms with Crippen molar-refractivity contribution in [2.75, 3.05) is 25.6 Å². The lowest BCUT2D eigenvalue weighted by molar-refractivity contribution is -0.115. The highest BCUT2D eigenvalue weighted by molar-refractivity contribution is 5.92. The van der Waals surface area contributed by atoms with Gasteiger partial charge in [-0.25, -0.2) is 0 Å². The number of rotatable bonds is 9. The zero-order valence-electron chi connectivity index (χ0n) is 13.9. The van der Waals surface area contributed by atoms with E-state index < -0.39 is 0 Å². The first-order valence-electron chi connectivity index (χ1n) is 8.06. The lowest BCUT2D eigenvalue weighted by Crippen LogP contribution is -2.31. The predicted octanol–water partition coefficient (Wildman–Crippen LogP) is 2.74. The normalized spacial score (nSPS) is 11.8. The Bertz CT molecular complexity index is 632. The monoisotopic (exact) mass is 328 g/mol. The molecule has 2 aromatic carbocycles. The van der Waals surface area contributed by atoms with Crippen molar-refractivity contribution in [3.8, 4) is 5.75 Å². The van der Waals surface area contributed by atoms with E-state index in [1.54, 1.807) is 13.2 Å². The van der Waals surface area contributed by atoms with Crippen molar-refractivity contribution in [3.63, 3.8) is 0 Å². The average molecular weight is 328 g/mol. The fourth-order valence-electron chi connectivity index (χ4n) is 2.49. The van der Waals surface area contributed by atoms with Crippen molar-refractivity contribution in [1.29, 1.82) is 0 Å². The first-order chi connectivity index (χ1) is 11.7. The zero-order chi connectivity index (χ0) is 17.2. The van der Waals surface area contributed by atoms with E-state index in [2.05, 4.69) is 10.6 Å². The average Bonchev–Trinajstić information content (AvgIpc) is 2.62. The van der Waals surface area contributed by atoms with Gasteiger partial charge < -0.3 is 20.5 Å². The number of nitrogens with one attached hydrogen (secondary N) is 2. The van der Waals surface area contributed by atoms with Crippen LogP contribution in [0.25, 0.3) is 0 Å². The van der Waals surface area contributed by atoms with Crippen molar-refractivity contribution < 1.29 is 14.6 Å². The number of hydrogen-bond donors (Lipinski definition) is 3. The molecule has 0 saturated carbocycles. The van der Waals surface area contributed by atoms with Gasteiger partial charge in [0.15, 0.2) is 0 Å². The second-order valence-electron chi connectivity index (χ2n) is 5.49. The van der Waals surface area contributed by atoms with Gasteiger partial charge in [-0.05, 0) is 30.5 Å². The van der Waals surface area contributed by atoms with Gasteiger partial charge in [0.25, 0.3) is 0 Å². The van der Waals surface area contributed by atoms with Crippen LogP contribution in [0.15, 0.2) is 54.6 Å². The van der Waals surface area contributed by atoms with Gasteiger partial charge in [-0.1, -0.05) is 36.4 Å². The second-order valence-corrected chi connectivity index (χ2v) is 5.49. The molecule has 1 atom stereocenters. The first kappa shape index (κ1) is 18.0. The van der Waals surface area contributed by atoms with E-state index in [-0.39, 0.29) is 25.1 Å². The smallest absolute Gasteiger partial charge is 0.238 e. The third kappa shape index (κ3) is 5.68. The zero-order valence-corrected chi connectivity index (χ0v) is 13.9. The molecule has 0 heterocycles. The van der Waals surface area contributed by atoms with Crippen LogP contribution >= 0.6 is 0 Å². The first-order valence-corrected chi connectivity index (χ1v) is 8.06. The molecule has 24 heavy (non-hydrogen) atoms. The molecule has 1 amide bonds. The Balaban J connectivity index is 1.91. The van der Waals surface area contributed by atoms with E-state index in [1.807, 2.05) is 48.5 Å². The third-order valence-electron chi connectivity index (χ3n) is 3.72. The number of methoxy groups -OCH3 is 1. The maximum absolute atomic E-state index is 12.2. The summed E-state index contributed by atoms with van der Waals surface area (Å²) in [5, 5.41) is 15.2. The SMILES string of the molecule is COc1cccc(NC(=O)CNC(CCCO)c2ccccc2)c1. The summed E-state index contributed by atoms with van der Waals surface area (Å²) in [4.78, 5) is 12.2. The molecule has 2 aromatic rings. The quantitative estimate of drug-likeness (QED) is 0.662. The predicted molar refractivity (Wildman–Crippen MR) is 95.1 cm³/mol. The number of ether oxygens (including phenoxy) is 1. The van der Waals surface area contributed by atoms with Gasteiger partial charge in [0, 0.05) is 24.4 Å². The van der Waals surface area contributed by atoms with Crippen LogP contribution < -0.4 is 15.4 Å². The molecule has 128 valence electrons. The maximum atomic E-state index is 12.2.